The van der Waals surface area contributed by atoms with Crippen molar-refractivity contribution in [2.45, 2.75) is 51.9 Å². The minimum Gasteiger partial charge on any atom is -0.378 e. The van der Waals surface area contributed by atoms with E-state index in [4.69, 9.17) is 15.2 Å². The number of carbonyl (C=O) groups is 1. The summed E-state index contributed by atoms with van der Waals surface area (Å²) in [4.78, 5) is 26.1. The van der Waals surface area contributed by atoms with Gasteiger partial charge in [0, 0.05) is 37.4 Å². The molecule has 3 rings (SSSR count). The highest BCUT2D eigenvalue weighted by Gasteiger charge is 2.15. The Hall–Kier alpha value is -3.02. The van der Waals surface area contributed by atoms with Gasteiger partial charge in [-0.15, -0.1) is 0 Å². The van der Waals surface area contributed by atoms with Crippen LogP contribution in [0, 0.1) is 5.92 Å². The van der Waals surface area contributed by atoms with E-state index in [0.717, 1.165) is 31.6 Å². The molecular weight excluding hydrogens is 484 g/mol. The Morgan fingerprint density at radius 2 is 1.58 bits per heavy atom. The van der Waals surface area contributed by atoms with Gasteiger partial charge < -0.3 is 36.5 Å². The maximum absolute atomic E-state index is 12.4. The molecule has 1 aliphatic rings. The number of carbonyl (C=O) groups excluding carboxylic acids is 1. The third-order valence-corrected chi connectivity index (χ3v) is 6.29. The maximum Gasteiger partial charge on any atom is 0.251 e. The third-order valence-electron chi connectivity index (χ3n) is 6.29. The zero-order chi connectivity index (χ0) is 26.8. The second kappa shape index (κ2) is 17.5. The van der Waals surface area contributed by atoms with Crippen LogP contribution in [0.2, 0.25) is 0 Å². The molecule has 1 aliphatic carbocycles. The molecule has 0 saturated heterocycles. The fourth-order valence-electron chi connectivity index (χ4n) is 4.17. The topological polar surface area (TPSA) is 148 Å². The number of anilines is 4. The zero-order valence-corrected chi connectivity index (χ0v) is 22.6. The van der Waals surface area contributed by atoms with Gasteiger partial charge in [0.25, 0.3) is 5.91 Å². The van der Waals surface area contributed by atoms with E-state index in [1.54, 1.807) is 12.1 Å². The van der Waals surface area contributed by atoms with Gasteiger partial charge in [-0.05, 0) is 49.4 Å². The number of nitrogens with one attached hydrogen (secondary N) is 4. The molecule has 6 N–H and O–H groups in total. The van der Waals surface area contributed by atoms with E-state index in [9.17, 15) is 4.79 Å². The van der Waals surface area contributed by atoms with Crippen molar-refractivity contribution in [3.05, 3.63) is 29.8 Å². The van der Waals surface area contributed by atoms with Gasteiger partial charge in [0.2, 0.25) is 17.8 Å². The molecule has 0 bridgehead atoms. The molecule has 1 saturated carbocycles. The van der Waals surface area contributed by atoms with Crippen molar-refractivity contribution in [1.82, 2.24) is 20.3 Å². The Bertz CT molecular complexity index is 938. The first kappa shape index (κ1) is 29.5. The highest BCUT2D eigenvalue weighted by Crippen LogP contribution is 2.24. The summed E-state index contributed by atoms with van der Waals surface area (Å²) in [6.45, 7) is 6.65. The van der Waals surface area contributed by atoms with Crippen molar-refractivity contribution in [2.24, 2.45) is 11.7 Å². The van der Waals surface area contributed by atoms with Gasteiger partial charge in [-0.2, -0.15) is 15.0 Å². The number of nitrogens with two attached hydrogens (primary N) is 1. The summed E-state index contributed by atoms with van der Waals surface area (Å²) in [7, 11) is 0. The lowest BCUT2D eigenvalue weighted by molar-refractivity contribution is 0.0511. The lowest BCUT2D eigenvalue weighted by Gasteiger charge is -2.21. The Morgan fingerprint density at radius 3 is 2.29 bits per heavy atom. The summed E-state index contributed by atoms with van der Waals surface area (Å²) in [5.41, 5.74) is 6.71. The van der Waals surface area contributed by atoms with Crippen molar-refractivity contribution in [1.29, 1.82) is 0 Å². The largest absolute Gasteiger partial charge is 0.378 e. The second-order valence-electron chi connectivity index (χ2n) is 9.44. The zero-order valence-electron chi connectivity index (χ0n) is 22.6. The van der Waals surface area contributed by atoms with Crippen molar-refractivity contribution in [2.75, 3.05) is 68.6 Å². The molecule has 1 amide bonds. The number of nitrogens with zero attached hydrogens (tertiary/aromatic N) is 3. The van der Waals surface area contributed by atoms with Crippen LogP contribution in [0.25, 0.3) is 0 Å². The normalized spacial score (nSPS) is 13.7. The molecule has 0 aliphatic heterocycles. The van der Waals surface area contributed by atoms with Crippen LogP contribution < -0.4 is 27.0 Å². The van der Waals surface area contributed by atoms with E-state index in [1.807, 2.05) is 12.1 Å². The van der Waals surface area contributed by atoms with E-state index >= 15 is 0 Å². The lowest BCUT2D eigenvalue weighted by Crippen LogP contribution is -2.27. The molecule has 11 heteroatoms. The van der Waals surface area contributed by atoms with E-state index in [2.05, 4.69) is 43.1 Å². The van der Waals surface area contributed by atoms with Gasteiger partial charge >= 0.3 is 0 Å². The summed E-state index contributed by atoms with van der Waals surface area (Å²) in [5, 5.41) is 12.8. The summed E-state index contributed by atoms with van der Waals surface area (Å²) in [6, 6.07) is 7.21. The molecule has 1 aromatic carbocycles. The Morgan fingerprint density at radius 1 is 0.895 bits per heavy atom. The number of hydrogen-bond donors (Lipinski definition) is 5. The number of amides is 1. The third kappa shape index (κ3) is 11.2. The average Bonchev–Trinajstić information content (AvgIpc) is 2.94. The van der Waals surface area contributed by atoms with E-state index in [-0.39, 0.29) is 5.91 Å². The summed E-state index contributed by atoms with van der Waals surface area (Å²) in [6.07, 6.45) is 8.57. The lowest BCUT2D eigenvalue weighted by atomic mass is 9.89. The van der Waals surface area contributed by atoms with Crippen molar-refractivity contribution < 1.29 is 14.3 Å². The van der Waals surface area contributed by atoms with Crippen LogP contribution in [0.5, 0.6) is 0 Å². The number of unbranched alkanes of at least 4 members (excludes halogenated alkanes) is 1. The van der Waals surface area contributed by atoms with Crippen LogP contribution in [-0.2, 0) is 9.47 Å². The van der Waals surface area contributed by atoms with Crippen LogP contribution in [0.1, 0.15) is 62.2 Å². The Balaban J connectivity index is 1.51. The van der Waals surface area contributed by atoms with Crippen LogP contribution >= 0.6 is 0 Å². The van der Waals surface area contributed by atoms with Crippen LogP contribution in [-0.4, -0.2) is 73.5 Å². The molecule has 210 valence electrons. The van der Waals surface area contributed by atoms with Gasteiger partial charge in [-0.1, -0.05) is 32.6 Å². The smallest absolute Gasteiger partial charge is 0.251 e. The molecule has 0 atom stereocenters. The fourth-order valence-corrected chi connectivity index (χ4v) is 4.17. The molecule has 0 spiro atoms. The first-order valence-electron chi connectivity index (χ1n) is 13.9. The van der Waals surface area contributed by atoms with E-state index in [1.165, 1.54) is 32.1 Å². The van der Waals surface area contributed by atoms with Gasteiger partial charge in [-0.25, -0.2) is 0 Å². The summed E-state index contributed by atoms with van der Waals surface area (Å²) >= 11 is 0. The van der Waals surface area contributed by atoms with Crippen molar-refractivity contribution in [3.63, 3.8) is 0 Å². The standard InChI is InChI=1S/C27H44N8O3/c1-2-3-14-30-25-33-26(31-20-21-7-5-4-6-8-21)35-27(34-25)32-23-11-9-22(10-12-23)24(36)29-15-17-38-19-18-37-16-13-28/h9-12,21H,2-8,13-20,28H2,1H3,(H,29,36)(H3,30,31,32,33,34,35). The van der Waals surface area contributed by atoms with Crippen molar-refractivity contribution >= 4 is 29.4 Å². The molecule has 1 aromatic heterocycles. The number of benzene rings is 1. The van der Waals surface area contributed by atoms with E-state index in [0.29, 0.717) is 68.8 Å². The van der Waals surface area contributed by atoms with Gasteiger partial charge in [0.05, 0.1) is 26.4 Å². The molecule has 1 heterocycles. The highest BCUT2D eigenvalue weighted by molar-refractivity contribution is 5.94. The number of hydrogen-bond acceptors (Lipinski definition) is 10. The number of aromatic nitrogens is 3. The average molecular weight is 529 g/mol. The molecular formula is C27H44N8O3. The monoisotopic (exact) mass is 528 g/mol. The molecule has 2 aromatic rings. The fraction of sp³-hybridized carbons (Fsp3) is 0.630. The number of ether oxygens (including phenoxy) is 2. The molecule has 11 nitrogen and oxygen atoms in total. The number of rotatable bonds is 18. The molecule has 38 heavy (non-hydrogen) atoms. The van der Waals surface area contributed by atoms with Gasteiger partial charge in [0.1, 0.15) is 0 Å². The summed E-state index contributed by atoms with van der Waals surface area (Å²) in [5.74, 6) is 2.07. The first-order chi connectivity index (χ1) is 18.7. The van der Waals surface area contributed by atoms with Gasteiger partial charge in [-0.3, -0.25) is 4.79 Å². The van der Waals surface area contributed by atoms with E-state index < -0.39 is 0 Å². The predicted molar refractivity (Wildman–Crippen MR) is 151 cm³/mol. The Kier molecular flexibility index (Phi) is 13.6. The van der Waals surface area contributed by atoms with Crippen molar-refractivity contribution in [3.8, 4) is 0 Å². The molecule has 0 unspecified atom stereocenters. The minimum atomic E-state index is -0.156. The molecule has 1 fully saturated rings. The quantitative estimate of drug-likeness (QED) is 0.182. The SMILES string of the molecule is CCCCNc1nc(NCC2CCCCC2)nc(Nc2ccc(C(=O)NCCOCCOCCN)cc2)n1. The van der Waals surface area contributed by atoms with Crippen LogP contribution in [0.3, 0.4) is 0 Å². The Labute approximate surface area is 226 Å². The predicted octanol–water partition coefficient (Wildman–Crippen LogP) is 3.54. The highest BCUT2D eigenvalue weighted by atomic mass is 16.5. The van der Waals surface area contributed by atoms with Crippen LogP contribution in [0.15, 0.2) is 24.3 Å². The first-order valence-corrected chi connectivity index (χ1v) is 13.9. The minimum absolute atomic E-state index is 0.156. The summed E-state index contributed by atoms with van der Waals surface area (Å²) < 4.78 is 10.7. The van der Waals surface area contributed by atoms with Crippen LogP contribution in [0.4, 0.5) is 23.5 Å². The van der Waals surface area contributed by atoms with Gasteiger partial charge in [0.15, 0.2) is 0 Å². The second-order valence-corrected chi connectivity index (χ2v) is 9.44. The maximum atomic E-state index is 12.4. The molecule has 0 radical (unpaired) electrons.